The number of alkyl halides is 3. The fourth-order valence-electron chi connectivity index (χ4n) is 3.68. The van der Waals surface area contributed by atoms with E-state index in [9.17, 15) is 13.2 Å². The van der Waals surface area contributed by atoms with Crippen molar-refractivity contribution in [2.75, 3.05) is 13.2 Å². The first kappa shape index (κ1) is 20.2. The molecule has 3 aromatic rings. The van der Waals surface area contributed by atoms with Crippen LogP contribution < -0.4 is 5.84 Å². The molecule has 0 bridgehead atoms. The molecule has 1 saturated heterocycles. The van der Waals surface area contributed by atoms with Gasteiger partial charge in [0.05, 0.1) is 22.8 Å². The summed E-state index contributed by atoms with van der Waals surface area (Å²) in [5, 5.41) is 11.9. The Kier molecular flexibility index (Phi) is 5.37. The van der Waals surface area contributed by atoms with E-state index in [-0.39, 0.29) is 12.6 Å². The summed E-state index contributed by atoms with van der Waals surface area (Å²) >= 11 is 0. The fourth-order valence-corrected chi connectivity index (χ4v) is 3.68. The van der Waals surface area contributed by atoms with Crippen LogP contribution in [0.3, 0.4) is 0 Å². The molecule has 1 fully saturated rings. The first-order chi connectivity index (χ1) is 14.4. The Bertz CT molecular complexity index is 1130. The lowest BCUT2D eigenvalue weighted by atomic mass is 10.1. The molecule has 0 unspecified atom stereocenters. The molecule has 4 rings (SSSR count). The van der Waals surface area contributed by atoms with Crippen LogP contribution >= 0.6 is 0 Å². The van der Waals surface area contributed by atoms with Crippen LogP contribution in [0.2, 0.25) is 0 Å². The summed E-state index contributed by atoms with van der Waals surface area (Å²) in [7, 11) is 0. The number of hydrogen-bond donors (Lipinski definition) is 1. The minimum Gasteiger partial charge on any atom is -0.381 e. The second-order valence-corrected chi connectivity index (χ2v) is 7.04. The Labute approximate surface area is 169 Å². The van der Waals surface area contributed by atoms with Gasteiger partial charge in [-0.15, -0.1) is 5.11 Å². The lowest BCUT2D eigenvalue weighted by molar-refractivity contribution is -0.137. The van der Waals surface area contributed by atoms with E-state index in [4.69, 9.17) is 10.6 Å². The number of benzene rings is 1. The molecule has 0 spiro atoms. The molecule has 3 heterocycles. The van der Waals surface area contributed by atoms with Gasteiger partial charge in [-0.2, -0.15) is 23.4 Å². The van der Waals surface area contributed by atoms with Gasteiger partial charge in [0.2, 0.25) is 0 Å². The third kappa shape index (κ3) is 3.84. The molecule has 30 heavy (non-hydrogen) atoms. The van der Waals surface area contributed by atoms with Gasteiger partial charge in [0.25, 0.3) is 0 Å². The zero-order valence-corrected chi connectivity index (χ0v) is 16.2. The van der Waals surface area contributed by atoms with Gasteiger partial charge in [0.15, 0.2) is 5.84 Å². The van der Waals surface area contributed by atoms with Crippen molar-refractivity contribution in [2.45, 2.75) is 38.5 Å². The number of fused-ring (bicyclic) bond motifs is 3. The van der Waals surface area contributed by atoms with Crippen molar-refractivity contribution in [3.63, 3.8) is 0 Å². The Morgan fingerprint density at radius 3 is 2.73 bits per heavy atom. The number of aromatic nitrogens is 3. The van der Waals surface area contributed by atoms with E-state index in [0.717, 1.165) is 25.0 Å². The van der Waals surface area contributed by atoms with Gasteiger partial charge >= 0.3 is 6.18 Å². The zero-order chi connectivity index (χ0) is 21.3. The molecule has 1 aliphatic heterocycles. The fraction of sp³-hybridized carbons (Fsp3) is 0.421. The number of hydrazone groups is 1. The molecule has 8 nitrogen and oxygen atoms in total. The van der Waals surface area contributed by atoms with Crippen LogP contribution in [0.4, 0.5) is 13.2 Å². The number of rotatable bonds is 3. The number of nitrogens with two attached hydrogens (primary N) is 1. The number of pyridine rings is 1. The van der Waals surface area contributed by atoms with Gasteiger partial charge in [0.1, 0.15) is 17.9 Å². The van der Waals surface area contributed by atoms with E-state index in [2.05, 4.69) is 25.3 Å². The molecule has 0 amide bonds. The second-order valence-electron chi connectivity index (χ2n) is 7.04. The SMILES string of the molecule is CC(N=NCc1nc2cnc3ccc(C(F)(F)F)cc3c2n1C1CCOCC1)=NN. The van der Waals surface area contributed by atoms with Crippen LogP contribution in [-0.4, -0.2) is 33.6 Å². The quantitative estimate of drug-likeness (QED) is 0.226. The maximum atomic E-state index is 13.3. The molecule has 11 heteroatoms. The van der Waals surface area contributed by atoms with E-state index in [1.54, 1.807) is 13.1 Å². The number of ether oxygens (including phenoxy) is 1. The zero-order valence-electron chi connectivity index (χ0n) is 16.2. The minimum atomic E-state index is -4.45. The lowest BCUT2D eigenvalue weighted by Crippen LogP contribution is -2.21. The van der Waals surface area contributed by atoms with Crippen LogP contribution in [0.25, 0.3) is 21.9 Å². The predicted molar refractivity (Wildman–Crippen MR) is 105 cm³/mol. The monoisotopic (exact) mass is 419 g/mol. The lowest BCUT2D eigenvalue weighted by Gasteiger charge is -2.26. The first-order valence-corrected chi connectivity index (χ1v) is 9.45. The van der Waals surface area contributed by atoms with Crippen molar-refractivity contribution in [1.29, 1.82) is 0 Å². The summed E-state index contributed by atoms with van der Waals surface area (Å²) in [5.41, 5.74) is 0.887. The molecule has 158 valence electrons. The molecule has 1 aromatic carbocycles. The molecule has 0 radical (unpaired) electrons. The van der Waals surface area contributed by atoms with E-state index in [1.165, 1.54) is 6.07 Å². The highest BCUT2D eigenvalue weighted by Gasteiger charge is 2.31. The van der Waals surface area contributed by atoms with E-state index < -0.39 is 11.7 Å². The molecule has 0 saturated carbocycles. The highest BCUT2D eigenvalue weighted by Crippen LogP contribution is 2.36. The largest absolute Gasteiger partial charge is 0.416 e. The molecule has 2 aromatic heterocycles. The Balaban J connectivity index is 1.92. The number of amidine groups is 1. The van der Waals surface area contributed by atoms with Crippen LogP contribution in [0.5, 0.6) is 0 Å². The summed E-state index contributed by atoms with van der Waals surface area (Å²) in [5.74, 6) is 6.08. The van der Waals surface area contributed by atoms with Crippen molar-refractivity contribution in [3.05, 3.63) is 35.8 Å². The number of nitrogens with zero attached hydrogens (tertiary/aromatic N) is 6. The van der Waals surface area contributed by atoms with Crippen LogP contribution in [0, 0.1) is 0 Å². The second kappa shape index (κ2) is 7.98. The van der Waals surface area contributed by atoms with Gasteiger partial charge in [-0.25, -0.2) is 4.98 Å². The van der Waals surface area contributed by atoms with Crippen LogP contribution in [-0.2, 0) is 17.5 Å². The maximum absolute atomic E-state index is 13.3. The molecule has 0 aliphatic carbocycles. The van der Waals surface area contributed by atoms with E-state index >= 15 is 0 Å². The maximum Gasteiger partial charge on any atom is 0.416 e. The number of hydrogen-bond acceptors (Lipinski definition) is 6. The molecular weight excluding hydrogens is 399 g/mol. The summed E-state index contributed by atoms with van der Waals surface area (Å²) in [6.45, 7) is 2.89. The summed E-state index contributed by atoms with van der Waals surface area (Å²) < 4.78 is 47.5. The van der Waals surface area contributed by atoms with Crippen molar-refractivity contribution in [2.24, 2.45) is 21.2 Å². The topological polar surface area (TPSA) is 103 Å². The van der Waals surface area contributed by atoms with Gasteiger partial charge in [0, 0.05) is 24.6 Å². The Morgan fingerprint density at radius 1 is 1.27 bits per heavy atom. The highest BCUT2D eigenvalue weighted by molar-refractivity contribution is 6.02. The summed E-state index contributed by atoms with van der Waals surface area (Å²) in [6, 6.07) is 3.59. The van der Waals surface area contributed by atoms with Gasteiger partial charge in [-0.3, -0.25) is 4.98 Å². The molecular formula is C19H20F3N7O. The number of azo groups is 1. The van der Waals surface area contributed by atoms with Crippen LogP contribution in [0.15, 0.2) is 39.7 Å². The Hall–Kier alpha value is -3.08. The summed E-state index contributed by atoms with van der Waals surface area (Å²) in [4.78, 5) is 8.90. The Morgan fingerprint density at radius 2 is 2.03 bits per heavy atom. The van der Waals surface area contributed by atoms with Crippen molar-refractivity contribution in [3.8, 4) is 0 Å². The minimum absolute atomic E-state index is 0.0263. The van der Waals surface area contributed by atoms with Crippen molar-refractivity contribution < 1.29 is 17.9 Å². The van der Waals surface area contributed by atoms with Crippen LogP contribution in [0.1, 0.15) is 37.2 Å². The average Bonchev–Trinajstić information content (AvgIpc) is 3.12. The number of imidazole rings is 1. The third-order valence-electron chi connectivity index (χ3n) is 5.09. The van der Waals surface area contributed by atoms with E-state index in [1.807, 2.05) is 4.57 Å². The highest BCUT2D eigenvalue weighted by atomic mass is 19.4. The predicted octanol–water partition coefficient (Wildman–Crippen LogP) is 4.20. The number of halogens is 3. The normalized spacial score (nSPS) is 16.9. The van der Waals surface area contributed by atoms with E-state index in [0.29, 0.717) is 46.8 Å². The molecule has 0 atom stereocenters. The van der Waals surface area contributed by atoms with Gasteiger partial charge in [-0.05, 0) is 38.0 Å². The summed E-state index contributed by atoms with van der Waals surface area (Å²) in [6.07, 6.45) is -1.42. The molecule has 1 aliphatic rings. The smallest absolute Gasteiger partial charge is 0.381 e. The van der Waals surface area contributed by atoms with Crippen molar-refractivity contribution in [1.82, 2.24) is 14.5 Å². The standard InChI is InChI=1S/C19H20F3N7O/c1-11(27-23)28-25-10-17-26-16-9-24-15-3-2-12(19(20,21)22)8-14(15)18(16)29(17)13-4-6-30-7-5-13/h2-3,8-9,13H,4-7,10,23H2,1H3. The third-order valence-corrected chi connectivity index (χ3v) is 5.09. The first-order valence-electron chi connectivity index (χ1n) is 9.45. The molecule has 2 N–H and O–H groups in total. The average molecular weight is 419 g/mol. The van der Waals surface area contributed by atoms with Gasteiger partial charge in [-0.1, -0.05) is 0 Å². The van der Waals surface area contributed by atoms with Crippen molar-refractivity contribution >= 4 is 27.8 Å². The van der Waals surface area contributed by atoms with Gasteiger partial charge < -0.3 is 15.1 Å².